The molecule has 1 aliphatic heterocycles. The Morgan fingerprint density at radius 3 is 2.88 bits per heavy atom. The molecule has 1 fully saturated rings. The Morgan fingerprint density at radius 1 is 1.69 bits per heavy atom. The quantitative estimate of drug-likeness (QED) is 0.722. The summed E-state index contributed by atoms with van der Waals surface area (Å²) in [7, 11) is 0. The number of hydrogen-bond acceptors (Lipinski definition) is 4. The highest BCUT2D eigenvalue weighted by Crippen LogP contribution is 2.28. The van der Waals surface area contributed by atoms with Crippen LogP contribution in [-0.2, 0) is 14.3 Å². The van der Waals surface area contributed by atoms with Gasteiger partial charge in [0.15, 0.2) is 0 Å². The fourth-order valence-electron chi connectivity index (χ4n) is 1.86. The molecular formula is C12H23NO3. The third kappa shape index (κ3) is 2.95. The highest BCUT2D eigenvalue weighted by Gasteiger charge is 2.45. The van der Waals surface area contributed by atoms with E-state index in [2.05, 4.69) is 13.8 Å². The van der Waals surface area contributed by atoms with E-state index in [-0.39, 0.29) is 12.0 Å². The first-order valence-electron chi connectivity index (χ1n) is 6.01. The molecule has 3 atom stereocenters. The Bertz CT molecular complexity index is 244. The van der Waals surface area contributed by atoms with Gasteiger partial charge in [0.1, 0.15) is 5.41 Å². The van der Waals surface area contributed by atoms with Gasteiger partial charge < -0.3 is 15.2 Å². The normalized spacial score (nSPS) is 31.4. The van der Waals surface area contributed by atoms with Crippen LogP contribution in [0.1, 0.15) is 33.6 Å². The minimum atomic E-state index is -0.661. The number of carbonyl (C=O) groups excluding carboxylic acids is 1. The number of hydrogen-bond donors (Lipinski definition) is 1. The zero-order valence-corrected chi connectivity index (χ0v) is 10.5. The van der Waals surface area contributed by atoms with Crippen LogP contribution >= 0.6 is 0 Å². The maximum Gasteiger partial charge on any atom is 0.315 e. The summed E-state index contributed by atoms with van der Waals surface area (Å²) in [5.41, 5.74) is 5.19. The minimum Gasteiger partial charge on any atom is -0.465 e. The fourth-order valence-corrected chi connectivity index (χ4v) is 1.86. The van der Waals surface area contributed by atoms with Crippen molar-refractivity contribution in [3.05, 3.63) is 0 Å². The van der Waals surface area contributed by atoms with Crippen LogP contribution in [0, 0.1) is 11.3 Å². The van der Waals surface area contributed by atoms with E-state index in [1.54, 1.807) is 0 Å². The predicted octanol–water partition coefficient (Wildman–Crippen LogP) is 1.33. The molecule has 4 heteroatoms. The molecule has 0 aromatic rings. The third-order valence-electron chi connectivity index (χ3n) is 3.26. The lowest BCUT2D eigenvalue weighted by molar-refractivity contribution is -0.156. The van der Waals surface area contributed by atoms with E-state index in [1.165, 1.54) is 0 Å². The molecule has 0 radical (unpaired) electrons. The van der Waals surface area contributed by atoms with Crippen molar-refractivity contribution in [3.63, 3.8) is 0 Å². The van der Waals surface area contributed by atoms with Gasteiger partial charge in [0, 0.05) is 6.04 Å². The second-order valence-electron chi connectivity index (χ2n) is 5.03. The van der Waals surface area contributed by atoms with Crippen molar-refractivity contribution in [3.8, 4) is 0 Å². The number of carbonyl (C=O) groups is 1. The summed E-state index contributed by atoms with van der Waals surface area (Å²) < 4.78 is 10.5. The molecule has 0 bridgehead atoms. The second kappa shape index (κ2) is 5.64. The average molecular weight is 229 g/mol. The molecular weight excluding hydrogens is 206 g/mol. The van der Waals surface area contributed by atoms with Crippen molar-refractivity contribution in [1.82, 2.24) is 0 Å². The van der Waals surface area contributed by atoms with Crippen LogP contribution in [0.25, 0.3) is 0 Å². The van der Waals surface area contributed by atoms with Crippen molar-refractivity contribution < 1.29 is 14.3 Å². The lowest BCUT2D eigenvalue weighted by Gasteiger charge is -2.25. The topological polar surface area (TPSA) is 61.5 Å². The van der Waals surface area contributed by atoms with Gasteiger partial charge >= 0.3 is 5.97 Å². The Kier molecular flexibility index (Phi) is 4.74. The van der Waals surface area contributed by atoms with E-state index < -0.39 is 5.41 Å². The van der Waals surface area contributed by atoms with E-state index in [0.717, 1.165) is 12.8 Å². The van der Waals surface area contributed by atoms with Crippen molar-refractivity contribution in [2.75, 3.05) is 19.8 Å². The standard InChI is InChI=1S/C12H23NO3/c1-4-5-9(2)6-16-11(14)12(3)8-15-7-10(12)13/h9-10H,4-8,13H2,1-3H3. The number of esters is 1. The van der Waals surface area contributed by atoms with Gasteiger partial charge in [-0.2, -0.15) is 0 Å². The zero-order valence-electron chi connectivity index (χ0n) is 10.5. The molecule has 0 saturated carbocycles. The van der Waals surface area contributed by atoms with Gasteiger partial charge in [-0.25, -0.2) is 0 Å². The summed E-state index contributed by atoms with van der Waals surface area (Å²) in [6, 6.07) is -0.249. The second-order valence-corrected chi connectivity index (χ2v) is 5.03. The van der Waals surface area contributed by atoms with Crippen LogP contribution in [0.4, 0.5) is 0 Å². The Labute approximate surface area is 97.5 Å². The molecule has 0 amide bonds. The lowest BCUT2D eigenvalue weighted by Crippen LogP contribution is -2.45. The molecule has 1 heterocycles. The molecule has 0 spiro atoms. The van der Waals surface area contributed by atoms with Gasteiger partial charge in [-0.3, -0.25) is 4.79 Å². The summed E-state index contributed by atoms with van der Waals surface area (Å²) in [4.78, 5) is 11.9. The lowest BCUT2D eigenvalue weighted by atomic mass is 9.86. The molecule has 1 aliphatic rings. The van der Waals surface area contributed by atoms with Crippen molar-refractivity contribution >= 4 is 5.97 Å². The van der Waals surface area contributed by atoms with E-state index in [0.29, 0.717) is 25.7 Å². The highest BCUT2D eigenvalue weighted by atomic mass is 16.5. The summed E-state index contributed by atoms with van der Waals surface area (Å²) >= 11 is 0. The molecule has 0 aromatic heterocycles. The molecule has 94 valence electrons. The van der Waals surface area contributed by atoms with Gasteiger partial charge in [-0.15, -0.1) is 0 Å². The van der Waals surface area contributed by atoms with Crippen LogP contribution < -0.4 is 5.73 Å². The maximum absolute atomic E-state index is 11.9. The molecule has 2 N–H and O–H groups in total. The van der Waals surface area contributed by atoms with Gasteiger partial charge in [-0.1, -0.05) is 20.3 Å². The predicted molar refractivity (Wildman–Crippen MR) is 61.9 cm³/mol. The molecule has 1 rings (SSSR count). The fraction of sp³-hybridized carbons (Fsp3) is 0.917. The Balaban J connectivity index is 2.40. The van der Waals surface area contributed by atoms with Gasteiger partial charge in [0.25, 0.3) is 0 Å². The van der Waals surface area contributed by atoms with Gasteiger partial charge in [0.2, 0.25) is 0 Å². The number of rotatable bonds is 5. The van der Waals surface area contributed by atoms with Crippen LogP contribution in [0.2, 0.25) is 0 Å². The van der Waals surface area contributed by atoms with E-state index in [9.17, 15) is 4.79 Å². The third-order valence-corrected chi connectivity index (χ3v) is 3.26. The van der Waals surface area contributed by atoms with Gasteiger partial charge in [-0.05, 0) is 19.3 Å². The summed E-state index contributed by atoms with van der Waals surface area (Å²) in [6.45, 7) is 7.32. The first-order chi connectivity index (χ1) is 7.50. The Hall–Kier alpha value is -0.610. The van der Waals surface area contributed by atoms with Crippen molar-refractivity contribution in [2.24, 2.45) is 17.1 Å². The van der Waals surface area contributed by atoms with E-state index in [4.69, 9.17) is 15.2 Å². The summed E-state index contributed by atoms with van der Waals surface area (Å²) in [6.07, 6.45) is 2.19. The van der Waals surface area contributed by atoms with E-state index >= 15 is 0 Å². The van der Waals surface area contributed by atoms with Crippen LogP contribution in [0.5, 0.6) is 0 Å². The smallest absolute Gasteiger partial charge is 0.315 e. The summed E-state index contributed by atoms with van der Waals surface area (Å²) in [5, 5.41) is 0. The van der Waals surface area contributed by atoms with Gasteiger partial charge in [0.05, 0.1) is 19.8 Å². The van der Waals surface area contributed by atoms with Crippen molar-refractivity contribution in [2.45, 2.75) is 39.7 Å². The minimum absolute atomic E-state index is 0.222. The van der Waals surface area contributed by atoms with Crippen LogP contribution in [-0.4, -0.2) is 31.8 Å². The number of nitrogens with two attached hydrogens (primary N) is 1. The first-order valence-corrected chi connectivity index (χ1v) is 6.01. The van der Waals surface area contributed by atoms with Crippen LogP contribution in [0.3, 0.4) is 0 Å². The SMILES string of the molecule is CCCC(C)COC(=O)C1(C)COCC1N. The zero-order chi connectivity index (χ0) is 12.2. The van der Waals surface area contributed by atoms with Crippen LogP contribution in [0.15, 0.2) is 0 Å². The molecule has 16 heavy (non-hydrogen) atoms. The van der Waals surface area contributed by atoms with Crippen molar-refractivity contribution in [1.29, 1.82) is 0 Å². The first kappa shape index (κ1) is 13.5. The highest BCUT2D eigenvalue weighted by molar-refractivity contribution is 5.78. The number of ether oxygens (including phenoxy) is 2. The maximum atomic E-state index is 11.9. The molecule has 0 aromatic carbocycles. The molecule has 0 aliphatic carbocycles. The molecule has 4 nitrogen and oxygen atoms in total. The molecule has 1 saturated heterocycles. The average Bonchev–Trinajstić information content (AvgIpc) is 2.57. The Morgan fingerprint density at radius 2 is 2.38 bits per heavy atom. The largest absolute Gasteiger partial charge is 0.465 e. The monoisotopic (exact) mass is 229 g/mol. The van der Waals surface area contributed by atoms with E-state index in [1.807, 2.05) is 6.92 Å². The summed E-state index contributed by atoms with van der Waals surface area (Å²) in [5.74, 6) is 0.191. The molecule has 3 unspecified atom stereocenters.